The van der Waals surface area contributed by atoms with Gasteiger partial charge in [-0.1, -0.05) is 13.8 Å². The third-order valence-electron chi connectivity index (χ3n) is 2.38. The van der Waals surface area contributed by atoms with Crippen molar-refractivity contribution in [1.29, 1.82) is 0 Å². The molecule has 0 saturated heterocycles. The van der Waals surface area contributed by atoms with Crippen molar-refractivity contribution in [3.63, 3.8) is 0 Å². The van der Waals surface area contributed by atoms with Crippen molar-refractivity contribution in [3.8, 4) is 5.88 Å². The Labute approximate surface area is 108 Å². The molecule has 0 bridgehead atoms. The lowest BCUT2D eigenvalue weighted by Crippen LogP contribution is -2.25. The Morgan fingerprint density at radius 3 is 2.83 bits per heavy atom. The first-order chi connectivity index (χ1) is 8.50. The number of pyridine rings is 1. The van der Waals surface area contributed by atoms with E-state index in [9.17, 15) is 4.79 Å². The molecule has 1 aromatic heterocycles. The summed E-state index contributed by atoms with van der Waals surface area (Å²) in [5, 5.41) is 3.29. The second-order valence-electron chi connectivity index (χ2n) is 4.48. The summed E-state index contributed by atoms with van der Waals surface area (Å²) in [6.45, 7) is 7.41. The lowest BCUT2D eigenvalue weighted by molar-refractivity contribution is 0.0995. The van der Waals surface area contributed by atoms with Crippen molar-refractivity contribution in [2.24, 2.45) is 5.73 Å². The second-order valence-corrected chi connectivity index (χ2v) is 4.48. The Kier molecular flexibility index (Phi) is 5.58. The predicted molar refractivity (Wildman–Crippen MR) is 70.7 cm³/mol. The lowest BCUT2D eigenvalue weighted by atomic mass is 10.2. The van der Waals surface area contributed by atoms with Crippen LogP contribution in [0.2, 0.25) is 0 Å². The summed E-state index contributed by atoms with van der Waals surface area (Å²) >= 11 is 0. The molecule has 100 valence electrons. The molecule has 0 aliphatic carbocycles. The molecule has 1 amide bonds. The topological polar surface area (TPSA) is 77.2 Å². The Balaban J connectivity index is 2.50. The van der Waals surface area contributed by atoms with E-state index in [0.29, 0.717) is 24.1 Å². The highest BCUT2D eigenvalue weighted by Crippen LogP contribution is 2.15. The fourth-order valence-electron chi connectivity index (χ4n) is 1.46. The Bertz CT molecular complexity index is 405. The van der Waals surface area contributed by atoms with E-state index >= 15 is 0 Å². The number of nitrogens with one attached hydrogen (secondary N) is 1. The molecule has 0 saturated carbocycles. The van der Waals surface area contributed by atoms with Gasteiger partial charge < -0.3 is 15.8 Å². The maximum atomic E-state index is 11.2. The van der Waals surface area contributed by atoms with Crippen molar-refractivity contribution < 1.29 is 9.53 Å². The molecule has 1 rings (SSSR count). The molecular weight excluding hydrogens is 230 g/mol. The van der Waals surface area contributed by atoms with E-state index < -0.39 is 5.91 Å². The van der Waals surface area contributed by atoms with Gasteiger partial charge in [0, 0.05) is 11.7 Å². The summed E-state index contributed by atoms with van der Waals surface area (Å²) in [7, 11) is 0. The van der Waals surface area contributed by atoms with Gasteiger partial charge in [-0.05, 0) is 32.0 Å². The smallest absolute Gasteiger partial charge is 0.254 e. The van der Waals surface area contributed by atoms with Gasteiger partial charge in [-0.15, -0.1) is 0 Å². The first kappa shape index (κ1) is 14.4. The number of aromatic nitrogens is 1. The zero-order valence-corrected chi connectivity index (χ0v) is 11.2. The Morgan fingerprint density at radius 2 is 2.22 bits per heavy atom. The van der Waals surface area contributed by atoms with Crippen LogP contribution in [0, 0.1) is 6.92 Å². The summed E-state index contributed by atoms with van der Waals surface area (Å²) < 4.78 is 5.51. The molecular formula is C13H21N3O2. The van der Waals surface area contributed by atoms with Crippen LogP contribution < -0.4 is 15.8 Å². The number of hydrogen-bond donors (Lipinski definition) is 2. The van der Waals surface area contributed by atoms with Gasteiger partial charge in [-0.25, -0.2) is 4.98 Å². The quantitative estimate of drug-likeness (QED) is 0.715. The molecule has 5 heteroatoms. The van der Waals surface area contributed by atoms with E-state index in [-0.39, 0.29) is 0 Å². The number of nitrogens with zero attached hydrogens (tertiary/aromatic N) is 1. The van der Waals surface area contributed by atoms with Gasteiger partial charge in [-0.2, -0.15) is 0 Å². The molecule has 0 fully saturated rings. The van der Waals surface area contributed by atoms with Crippen LogP contribution >= 0.6 is 0 Å². The number of aryl methyl sites for hydroxylation is 1. The number of carbonyl (C=O) groups is 1. The van der Waals surface area contributed by atoms with Gasteiger partial charge in [0.15, 0.2) is 0 Å². The third-order valence-corrected chi connectivity index (χ3v) is 2.38. The van der Waals surface area contributed by atoms with E-state index in [4.69, 9.17) is 10.5 Å². The summed E-state index contributed by atoms with van der Waals surface area (Å²) in [5.74, 6) is -0.190. The zero-order chi connectivity index (χ0) is 13.5. The van der Waals surface area contributed by atoms with Crippen LogP contribution in [0.15, 0.2) is 12.1 Å². The summed E-state index contributed by atoms with van der Waals surface area (Å²) in [6.07, 6.45) is 0.853. The maximum absolute atomic E-state index is 11.2. The molecule has 0 aliphatic rings. The first-order valence-corrected chi connectivity index (χ1v) is 6.14. The molecule has 3 N–H and O–H groups in total. The molecule has 0 aliphatic heterocycles. The number of hydrogen-bond acceptors (Lipinski definition) is 4. The molecule has 0 spiro atoms. The van der Waals surface area contributed by atoms with Gasteiger partial charge in [0.1, 0.15) is 5.56 Å². The van der Waals surface area contributed by atoms with E-state index in [2.05, 4.69) is 24.1 Å². The van der Waals surface area contributed by atoms with E-state index in [1.165, 1.54) is 0 Å². The molecule has 0 aromatic carbocycles. The lowest BCUT2D eigenvalue weighted by Gasteiger charge is -2.10. The van der Waals surface area contributed by atoms with Gasteiger partial charge >= 0.3 is 0 Å². The summed E-state index contributed by atoms with van der Waals surface area (Å²) in [6, 6.07) is 3.85. The molecule has 1 aromatic rings. The number of amides is 1. The number of nitrogens with two attached hydrogens (primary N) is 1. The standard InChI is InChI=1S/C13H21N3O2/c1-9(2)15-7-4-8-18-13-11(12(14)17)6-5-10(3)16-13/h5-6,9,15H,4,7-8H2,1-3H3,(H2,14,17). The Morgan fingerprint density at radius 1 is 1.50 bits per heavy atom. The van der Waals surface area contributed by atoms with Crippen molar-refractivity contribution in [2.45, 2.75) is 33.2 Å². The molecule has 0 unspecified atom stereocenters. The minimum Gasteiger partial charge on any atom is -0.477 e. The van der Waals surface area contributed by atoms with E-state index in [1.807, 2.05) is 6.92 Å². The van der Waals surface area contributed by atoms with Crippen LogP contribution in [-0.4, -0.2) is 30.1 Å². The van der Waals surface area contributed by atoms with Crippen LogP contribution in [0.4, 0.5) is 0 Å². The van der Waals surface area contributed by atoms with Crippen LogP contribution in [-0.2, 0) is 0 Å². The normalized spacial score (nSPS) is 10.7. The summed E-state index contributed by atoms with van der Waals surface area (Å²) in [4.78, 5) is 15.4. The number of rotatable bonds is 7. The molecule has 0 atom stereocenters. The van der Waals surface area contributed by atoms with Crippen molar-refractivity contribution in [3.05, 3.63) is 23.4 Å². The van der Waals surface area contributed by atoms with E-state index in [0.717, 1.165) is 18.7 Å². The van der Waals surface area contributed by atoms with Gasteiger partial charge in [-0.3, -0.25) is 4.79 Å². The van der Waals surface area contributed by atoms with Gasteiger partial charge in [0.25, 0.3) is 5.91 Å². The van der Waals surface area contributed by atoms with Crippen molar-refractivity contribution >= 4 is 5.91 Å². The number of ether oxygens (including phenoxy) is 1. The number of primary amides is 1. The predicted octanol–water partition coefficient (Wildman–Crippen LogP) is 1.26. The van der Waals surface area contributed by atoms with Crippen LogP contribution in [0.3, 0.4) is 0 Å². The van der Waals surface area contributed by atoms with Gasteiger partial charge in [0.2, 0.25) is 5.88 Å². The second kappa shape index (κ2) is 6.96. The fraction of sp³-hybridized carbons (Fsp3) is 0.538. The zero-order valence-electron chi connectivity index (χ0n) is 11.2. The first-order valence-electron chi connectivity index (χ1n) is 6.14. The average molecular weight is 251 g/mol. The highest BCUT2D eigenvalue weighted by molar-refractivity contribution is 5.95. The summed E-state index contributed by atoms with van der Waals surface area (Å²) in [5.41, 5.74) is 6.40. The van der Waals surface area contributed by atoms with Crippen LogP contribution in [0.1, 0.15) is 36.3 Å². The van der Waals surface area contributed by atoms with Crippen molar-refractivity contribution in [1.82, 2.24) is 10.3 Å². The number of carbonyl (C=O) groups excluding carboxylic acids is 1. The maximum Gasteiger partial charge on any atom is 0.254 e. The average Bonchev–Trinajstić information content (AvgIpc) is 2.27. The Hall–Kier alpha value is -1.62. The van der Waals surface area contributed by atoms with E-state index in [1.54, 1.807) is 12.1 Å². The fourth-order valence-corrected chi connectivity index (χ4v) is 1.46. The van der Waals surface area contributed by atoms with Crippen LogP contribution in [0.5, 0.6) is 5.88 Å². The minimum atomic E-state index is -0.516. The monoisotopic (exact) mass is 251 g/mol. The minimum absolute atomic E-state index is 0.326. The third kappa shape index (κ3) is 4.71. The van der Waals surface area contributed by atoms with Crippen molar-refractivity contribution in [2.75, 3.05) is 13.2 Å². The highest BCUT2D eigenvalue weighted by Gasteiger charge is 2.10. The largest absolute Gasteiger partial charge is 0.477 e. The molecule has 18 heavy (non-hydrogen) atoms. The van der Waals surface area contributed by atoms with Gasteiger partial charge in [0.05, 0.1) is 6.61 Å². The molecule has 5 nitrogen and oxygen atoms in total. The van der Waals surface area contributed by atoms with Crippen LogP contribution in [0.25, 0.3) is 0 Å². The SMILES string of the molecule is Cc1ccc(C(N)=O)c(OCCCNC(C)C)n1. The molecule has 0 radical (unpaired) electrons. The highest BCUT2D eigenvalue weighted by atomic mass is 16.5. The molecule has 1 heterocycles.